The number of hydrogen-bond acceptors (Lipinski definition) is 8. The van der Waals surface area contributed by atoms with E-state index in [1.54, 1.807) is 6.20 Å². The van der Waals surface area contributed by atoms with E-state index >= 15 is 4.39 Å². The maximum absolute atomic E-state index is 16.9. The Labute approximate surface area is 267 Å². The van der Waals surface area contributed by atoms with Crippen molar-refractivity contribution in [2.45, 2.75) is 64.0 Å². The number of phenols is 1. The van der Waals surface area contributed by atoms with Gasteiger partial charge in [-0.3, -0.25) is 4.98 Å². The van der Waals surface area contributed by atoms with E-state index < -0.39 is 11.6 Å². The van der Waals surface area contributed by atoms with Crippen molar-refractivity contribution in [3.63, 3.8) is 0 Å². The summed E-state index contributed by atoms with van der Waals surface area (Å²) in [7, 11) is 2.19. The van der Waals surface area contributed by atoms with Gasteiger partial charge in [0, 0.05) is 47.3 Å². The van der Waals surface area contributed by atoms with E-state index in [1.807, 2.05) is 0 Å². The highest BCUT2D eigenvalue weighted by Crippen LogP contribution is 2.55. The Morgan fingerprint density at radius 2 is 1.96 bits per heavy atom. The van der Waals surface area contributed by atoms with Crippen LogP contribution in [0.2, 0.25) is 0 Å². The third kappa shape index (κ3) is 4.83. The summed E-state index contributed by atoms with van der Waals surface area (Å²) in [5.41, 5.74) is 0.0203. The summed E-state index contributed by atoms with van der Waals surface area (Å²) in [5.74, 6) is 1.45. The van der Waals surface area contributed by atoms with Gasteiger partial charge in [0.2, 0.25) is 0 Å². The minimum absolute atomic E-state index is 0.00425. The first-order valence-corrected chi connectivity index (χ1v) is 16.1. The van der Waals surface area contributed by atoms with Crippen molar-refractivity contribution in [3.8, 4) is 35.4 Å². The highest BCUT2D eigenvalue weighted by molar-refractivity contribution is 6.03. The standard InChI is InChI=1S/C36H39F2N5O3/c1-5-25-28(37)9-8-23-18-24(44)19-26(29(23)25)31-30(38)32-27(20-39-31)33(43-15-17-45-16-10-22(43)2)41-34(40-32)46-21-36-12-6-11-35(36,3)42(4)14-7-13-36/h1,8-9,18-20,22,44H,6-7,10-17,21H2,2-4H3/t22?,35?,36-/m1/s1. The second-order valence-corrected chi connectivity index (χ2v) is 13.3. The van der Waals surface area contributed by atoms with Crippen LogP contribution in [0.3, 0.4) is 0 Å². The number of hydrogen-bond donors (Lipinski definition) is 1. The lowest BCUT2D eigenvalue weighted by atomic mass is 9.67. The van der Waals surface area contributed by atoms with Gasteiger partial charge < -0.3 is 24.4 Å². The number of halogens is 2. The zero-order chi connectivity index (χ0) is 32.2. The largest absolute Gasteiger partial charge is 0.508 e. The summed E-state index contributed by atoms with van der Waals surface area (Å²) < 4.78 is 44.0. The van der Waals surface area contributed by atoms with Crippen molar-refractivity contribution in [3.05, 3.63) is 47.7 Å². The van der Waals surface area contributed by atoms with Crippen LogP contribution in [0.25, 0.3) is 32.9 Å². The monoisotopic (exact) mass is 627 g/mol. The van der Waals surface area contributed by atoms with Crippen molar-refractivity contribution < 1.29 is 23.4 Å². The Morgan fingerprint density at radius 1 is 1.13 bits per heavy atom. The van der Waals surface area contributed by atoms with Gasteiger partial charge in [0.25, 0.3) is 0 Å². The molecule has 2 aromatic heterocycles. The summed E-state index contributed by atoms with van der Waals surface area (Å²) >= 11 is 0. The van der Waals surface area contributed by atoms with Gasteiger partial charge in [0.05, 0.1) is 24.2 Å². The molecule has 2 unspecified atom stereocenters. The fourth-order valence-corrected chi connectivity index (χ4v) is 8.15. The SMILES string of the molecule is C#Cc1c(F)ccc2cc(O)cc(-c3ncc4c(N5CCOCCC5C)nc(OC[C@@]56CCCN(C)C5(C)CCC6)nc4c3F)c12. The average Bonchev–Trinajstić information content (AvgIpc) is 3.25. The highest BCUT2D eigenvalue weighted by atomic mass is 19.1. The summed E-state index contributed by atoms with van der Waals surface area (Å²) in [6, 6.07) is 5.72. The molecule has 1 aliphatic carbocycles. The number of likely N-dealkylation sites (tertiary alicyclic amines) is 1. The molecule has 8 nitrogen and oxygen atoms in total. The molecule has 4 aromatic rings. The van der Waals surface area contributed by atoms with Crippen molar-refractivity contribution in [2.24, 2.45) is 5.41 Å². The third-order valence-corrected chi connectivity index (χ3v) is 11.0. The van der Waals surface area contributed by atoms with Crippen LogP contribution in [-0.4, -0.2) is 76.5 Å². The first-order chi connectivity index (χ1) is 22.2. The molecule has 2 aromatic carbocycles. The van der Waals surface area contributed by atoms with Gasteiger partial charge in [-0.05, 0) is 83.1 Å². The Hall–Kier alpha value is -4.07. The van der Waals surface area contributed by atoms with Gasteiger partial charge in [0.15, 0.2) is 5.82 Å². The molecular weight excluding hydrogens is 588 g/mol. The zero-order valence-electron chi connectivity index (χ0n) is 26.6. The number of nitrogens with zero attached hydrogens (tertiary/aromatic N) is 5. The molecule has 46 heavy (non-hydrogen) atoms. The van der Waals surface area contributed by atoms with Gasteiger partial charge in [-0.15, -0.1) is 6.42 Å². The van der Waals surface area contributed by atoms with Gasteiger partial charge >= 0.3 is 6.01 Å². The summed E-state index contributed by atoms with van der Waals surface area (Å²) in [6.45, 7) is 7.59. The van der Waals surface area contributed by atoms with Crippen molar-refractivity contribution >= 4 is 27.5 Å². The molecule has 0 radical (unpaired) electrons. The van der Waals surface area contributed by atoms with Gasteiger partial charge in [-0.2, -0.15) is 9.97 Å². The molecule has 3 fully saturated rings. The number of piperidine rings is 1. The number of aromatic nitrogens is 3. The maximum Gasteiger partial charge on any atom is 0.319 e. The highest BCUT2D eigenvalue weighted by Gasteiger charge is 2.56. The first-order valence-electron chi connectivity index (χ1n) is 16.1. The first kappa shape index (κ1) is 30.6. The summed E-state index contributed by atoms with van der Waals surface area (Å²) in [6.07, 6.45) is 13.4. The van der Waals surface area contributed by atoms with Crippen LogP contribution >= 0.6 is 0 Å². The number of benzene rings is 2. The molecular formula is C36H39F2N5O3. The predicted octanol–water partition coefficient (Wildman–Crippen LogP) is 6.46. The fraction of sp³-hybridized carbons (Fsp3) is 0.472. The molecule has 0 spiro atoms. The number of phenolic OH excluding ortho intramolecular Hbond substituents is 1. The number of anilines is 1. The minimum Gasteiger partial charge on any atom is -0.508 e. The average molecular weight is 628 g/mol. The molecule has 1 saturated carbocycles. The Morgan fingerprint density at radius 3 is 2.78 bits per heavy atom. The molecule has 0 amide bonds. The van der Waals surface area contributed by atoms with Crippen LogP contribution in [-0.2, 0) is 4.74 Å². The molecule has 7 rings (SSSR count). The predicted molar refractivity (Wildman–Crippen MR) is 174 cm³/mol. The number of aromatic hydroxyl groups is 1. The molecule has 3 aliphatic rings. The summed E-state index contributed by atoms with van der Waals surface area (Å²) in [4.78, 5) is 18.7. The zero-order valence-corrected chi connectivity index (χ0v) is 26.6. The minimum atomic E-state index is -0.731. The van der Waals surface area contributed by atoms with Crippen molar-refractivity contribution in [2.75, 3.05) is 44.9 Å². The lowest BCUT2D eigenvalue weighted by Gasteiger charge is -2.53. The Balaban J connectivity index is 1.39. The smallest absolute Gasteiger partial charge is 0.319 e. The Kier molecular flexibility index (Phi) is 7.73. The molecule has 2 saturated heterocycles. The van der Waals surface area contributed by atoms with E-state index in [2.05, 4.69) is 46.6 Å². The van der Waals surface area contributed by atoms with Gasteiger partial charge in [-0.1, -0.05) is 18.4 Å². The lowest BCUT2D eigenvalue weighted by Crippen LogP contribution is -2.59. The normalized spacial score (nSPS) is 25.4. The van der Waals surface area contributed by atoms with Crippen LogP contribution in [0.4, 0.5) is 14.6 Å². The van der Waals surface area contributed by atoms with E-state index in [1.165, 1.54) is 24.3 Å². The van der Waals surface area contributed by atoms with E-state index in [4.69, 9.17) is 20.9 Å². The van der Waals surface area contributed by atoms with Crippen LogP contribution < -0.4 is 9.64 Å². The van der Waals surface area contributed by atoms with E-state index in [9.17, 15) is 9.50 Å². The second-order valence-electron chi connectivity index (χ2n) is 13.3. The number of rotatable bonds is 5. The molecule has 2 aliphatic heterocycles. The van der Waals surface area contributed by atoms with Crippen LogP contribution in [0.15, 0.2) is 30.5 Å². The van der Waals surface area contributed by atoms with Crippen LogP contribution in [0.5, 0.6) is 11.8 Å². The maximum atomic E-state index is 16.9. The number of pyridine rings is 1. The van der Waals surface area contributed by atoms with E-state index in [0.29, 0.717) is 43.0 Å². The molecule has 4 heterocycles. The lowest BCUT2D eigenvalue weighted by molar-refractivity contribution is -0.0526. The van der Waals surface area contributed by atoms with E-state index in [-0.39, 0.29) is 56.5 Å². The molecule has 1 N–H and O–H groups in total. The van der Waals surface area contributed by atoms with Crippen molar-refractivity contribution in [1.82, 2.24) is 19.9 Å². The van der Waals surface area contributed by atoms with E-state index in [0.717, 1.165) is 45.1 Å². The second kappa shape index (κ2) is 11.6. The van der Waals surface area contributed by atoms with Gasteiger partial charge in [0.1, 0.15) is 28.6 Å². The number of ether oxygens (including phenoxy) is 2. The molecule has 3 atom stereocenters. The van der Waals surface area contributed by atoms with Gasteiger partial charge in [-0.25, -0.2) is 8.78 Å². The summed E-state index contributed by atoms with van der Waals surface area (Å²) in [5, 5.41) is 11.7. The third-order valence-electron chi connectivity index (χ3n) is 11.0. The topological polar surface area (TPSA) is 83.8 Å². The quantitative estimate of drug-likeness (QED) is 0.253. The van der Waals surface area contributed by atoms with Crippen LogP contribution in [0.1, 0.15) is 57.9 Å². The number of fused-ring (bicyclic) bond motifs is 3. The molecule has 0 bridgehead atoms. The molecule has 240 valence electrons. The Bertz CT molecular complexity index is 1880. The molecule has 10 heteroatoms. The fourth-order valence-electron chi connectivity index (χ4n) is 8.15. The number of terminal acetylenes is 1. The van der Waals surface area contributed by atoms with Crippen LogP contribution in [0, 0.1) is 29.4 Å². The van der Waals surface area contributed by atoms with Crippen molar-refractivity contribution in [1.29, 1.82) is 0 Å².